The van der Waals surface area contributed by atoms with Crippen molar-refractivity contribution in [2.45, 2.75) is 25.0 Å². The highest BCUT2D eigenvalue weighted by atomic mass is 32.2. The quantitative estimate of drug-likeness (QED) is 0.684. The molecule has 1 aromatic carbocycles. The predicted molar refractivity (Wildman–Crippen MR) is 94.9 cm³/mol. The van der Waals surface area contributed by atoms with Crippen molar-refractivity contribution >= 4 is 16.1 Å². The second kappa shape index (κ2) is 8.98. The van der Waals surface area contributed by atoms with Crippen LogP contribution in [0.25, 0.3) is 0 Å². The van der Waals surface area contributed by atoms with Crippen LogP contribution >= 0.6 is 0 Å². The number of sulfonamides is 1. The van der Waals surface area contributed by atoms with Crippen molar-refractivity contribution in [2.75, 3.05) is 25.4 Å². The van der Waals surface area contributed by atoms with E-state index in [0.29, 0.717) is 38.1 Å². The molecule has 8 heteroatoms. The van der Waals surface area contributed by atoms with E-state index in [0.717, 1.165) is 0 Å². The van der Waals surface area contributed by atoms with E-state index in [9.17, 15) is 13.2 Å². The van der Waals surface area contributed by atoms with Crippen molar-refractivity contribution in [3.8, 4) is 0 Å². The largest absolute Gasteiger partial charge is 0.465 e. The van der Waals surface area contributed by atoms with Gasteiger partial charge >= 0.3 is 6.09 Å². The Hall–Kier alpha value is -1.90. The fourth-order valence-electron chi connectivity index (χ4n) is 2.85. The summed E-state index contributed by atoms with van der Waals surface area (Å²) in [5.41, 5.74) is 0.623. The second-order valence-corrected chi connectivity index (χ2v) is 7.93. The van der Waals surface area contributed by atoms with E-state index < -0.39 is 22.2 Å². The number of nitrogens with zero attached hydrogens (tertiary/aromatic N) is 1. The van der Waals surface area contributed by atoms with Crippen molar-refractivity contribution < 1.29 is 23.1 Å². The lowest BCUT2D eigenvalue weighted by atomic mass is 10.1. The molecule has 25 heavy (non-hydrogen) atoms. The van der Waals surface area contributed by atoms with Gasteiger partial charge in [0.05, 0.1) is 24.5 Å². The van der Waals surface area contributed by atoms with Gasteiger partial charge in [-0.1, -0.05) is 36.4 Å². The van der Waals surface area contributed by atoms with Gasteiger partial charge in [0.2, 0.25) is 10.0 Å². The number of piperidine rings is 1. The van der Waals surface area contributed by atoms with E-state index in [1.165, 1.54) is 4.31 Å². The maximum absolute atomic E-state index is 12.7. The third-order valence-corrected chi connectivity index (χ3v) is 6.03. The van der Waals surface area contributed by atoms with Crippen LogP contribution in [0, 0.1) is 0 Å². The average molecular weight is 368 g/mol. The van der Waals surface area contributed by atoms with E-state index >= 15 is 0 Å². The van der Waals surface area contributed by atoms with Gasteiger partial charge in [0, 0.05) is 13.1 Å². The van der Waals surface area contributed by atoms with Crippen LogP contribution in [0.3, 0.4) is 0 Å². The normalized spacial score (nSPS) is 17.8. The van der Waals surface area contributed by atoms with Crippen molar-refractivity contribution in [3.05, 3.63) is 48.6 Å². The Labute approximate surface area is 148 Å². The van der Waals surface area contributed by atoms with Crippen LogP contribution in [0.1, 0.15) is 24.4 Å². The van der Waals surface area contributed by atoms with Crippen molar-refractivity contribution in [1.29, 1.82) is 0 Å². The first-order valence-electron chi connectivity index (χ1n) is 8.17. The van der Waals surface area contributed by atoms with Gasteiger partial charge in [-0.15, -0.1) is 6.58 Å². The topological polar surface area (TPSA) is 95.9 Å². The van der Waals surface area contributed by atoms with Gasteiger partial charge < -0.3 is 15.2 Å². The molecule has 1 atom stereocenters. The molecular weight excluding hydrogens is 344 g/mol. The molecule has 1 aliphatic rings. The number of carbonyl (C=O) groups is 1. The van der Waals surface area contributed by atoms with E-state index in [4.69, 9.17) is 9.84 Å². The lowest BCUT2D eigenvalue weighted by Gasteiger charge is -2.32. The van der Waals surface area contributed by atoms with Crippen LogP contribution in [0.5, 0.6) is 0 Å². The SMILES string of the molecule is C=CCOC1CCN(S(=O)(=O)C[C@H](NC(=O)O)c2ccccc2)CC1. The molecule has 1 heterocycles. The molecule has 0 bridgehead atoms. The number of hydrogen-bond acceptors (Lipinski definition) is 4. The van der Waals surface area contributed by atoms with Crippen LogP contribution in [-0.4, -0.2) is 55.5 Å². The van der Waals surface area contributed by atoms with Crippen LogP contribution in [-0.2, 0) is 14.8 Å². The van der Waals surface area contributed by atoms with Gasteiger partial charge in [0.25, 0.3) is 0 Å². The smallest absolute Gasteiger partial charge is 0.405 e. The highest BCUT2D eigenvalue weighted by Gasteiger charge is 2.31. The predicted octanol–water partition coefficient (Wildman–Crippen LogP) is 1.99. The van der Waals surface area contributed by atoms with Gasteiger partial charge in [0.15, 0.2) is 0 Å². The molecular formula is C17H24N2O5S. The average Bonchev–Trinajstić information content (AvgIpc) is 2.60. The van der Waals surface area contributed by atoms with Crippen LogP contribution in [0.2, 0.25) is 0 Å². The number of amides is 1. The summed E-state index contributed by atoms with van der Waals surface area (Å²) >= 11 is 0. The monoisotopic (exact) mass is 368 g/mol. The molecule has 1 aromatic rings. The van der Waals surface area contributed by atoms with E-state index in [1.807, 2.05) is 0 Å². The molecule has 0 aromatic heterocycles. The van der Waals surface area contributed by atoms with E-state index in [1.54, 1.807) is 36.4 Å². The number of nitrogens with one attached hydrogen (secondary N) is 1. The standard InChI is InChI=1S/C17H24N2O5S/c1-2-12-24-15-8-10-19(11-9-15)25(22,23)13-16(18-17(20)21)14-6-4-3-5-7-14/h2-7,15-16,18H,1,8-13H2,(H,20,21)/t16-/m0/s1. The molecule has 0 spiro atoms. The molecule has 2 rings (SSSR count). The highest BCUT2D eigenvalue weighted by Crippen LogP contribution is 2.21. The Kier molecular flexibility index (Phi) is 6.98. The molecule has 0 radical (unpaired) electrons. The lowest BCUT2D eigenvalue weighted by molar-refractivity contribution is 0.0381. The molecule has 0 unspecified atom stereocenters. The van der Waals surface area contributed by atoms with Crippen LogP contribution in [0.4, 0.5) is 4.79 Å². The third-order valence-electron chi connectivity index (χ3n) is 4.12. The Balaban J connectivity index is 2.02. The second-order valence-electron chi connectivity index (χ2n) is 5.91. The van der Waals surface area contributed by atoms with Gasteiger partial charge in [0.1, 0.15) is 0 Å². The van der Waals surface area contributed by atoms with Gasteiger partial charge in [-0.25, -0.2) is 17.5 Å². The minimum atomic E-state index is -3.59. The first-order valence-corrected chi connectivity index (χ1v) is 9.78. The van der Waals surface area contributed by atoms with Gasteiger partial charge in [-0.2, -0.15) is 0 Å². The number of carboxylic acid groups (broad SMARTS) is 1. The van der Waals surface area contributed by atoms with Gasteiger partial charge in [-0.3, -0.25) is 0 Å². The number of ether oxygens (including phenoxy) is 1. The Bertz CT molecular complexity index is 670. The summed E-state index contributed by atoms with van der Waals surface area (Å²) in [4.78, 5) is 11.0. The number of benzene rings is 1. The fraction of sp³-hybridized carbons (Fsp3) is 0.471. The fourth-order valence-corrected chi connectivity index (χ4v) is 4.53. The Morgan fingerprint density at radius 3 is 2.56 bits per heavy atom. The molecule has 1 amide bonds. The summed E-state index contributed by atoms with van der Waals surface area (Å²) in [5, 5.41) is 11.3. The molecule has 1 aliphatic heterocycles. The summed E-state index contributed by atoms with van der Waals surface area (Å²) in [6, 6.07) is 7.92. The first-order chi connectivity index (χ1) is 11.9. The van der Waals surface area contributed by atoms with Crippen molar-refractivity contribution in [1.82, 2.24) is 9.62 Å². The third kappa shape index (κ3) is 5.84. The maximum atomic E-state index is 12.7. The molecule has 138 valence electrons. The first kappa shape index (κ1) is 19.4. The summed E-state index contributed by atoms with van der Waals surface area (Å²) in [5.74, 6) is -0.304. The zero-order chi connectivity index (χ0) is 18.3. The summed E-state index contributed by atoms with van der Waals surface area (Å²) < 4.78 is 32.4. The van der Waals surface area contributed by atoms with Crippen LogP contribution in [0.15, 0.2) is 43.0 Å². The van der Waals surface area contributed by atoms with Crippen molar-refractivity contribution in [3.63, 3.8) is 0 Å². The molecule has 0 saturated carbocycles. The Morgan fingerprint density at radius 1 is 1.36 bits per heavy atom. The van der Waals surface area contributed by atoms with E-state index in [2.05, 4.69) is 11.9 Å². The minimum absolute atomic E-state index is 0.0338. The summed E-state index contributed by atoms with van der Waals surface area (Å²) in [6.07, 6.45) is 1.70. The van der Waals surface area contributed by atoms with Crippen LogP contribution < -0.4 is 5.32 Å². The van der Waals surface area contributed by atoms with Crippen molar-refractivity contribution in [2.24, 2.45) is 0 Å². The molecule has 1 fully saturated rings. The van der Waals surface area contributed by atoms with E-state index in [-0.39, 0.29) is 11.9 Å². The highest BCUT2D eigenvalue weighted by molar-refractivity contribution is 7.89. The molecule has 7 nitrogen and oxygen atoms in total. The molecule has 0 aliphatic carbocycles. The summed E-state index contributed by atoms with van der Waals surface area (Å²) in [6.45, 7) is 4.80. The Morgan fingerprint density at radius 2 is 2.00 bits per heavy atom. The minimum Gasteiger partial charge on any atom is -0.465 e. The zero-order valence-corrected chi connectivity index (χ0v) is 14.8. The van der Waals surface area contributed by atoms with Gasteiger partial charge in [-0.05, 0) is 18.4 Å². The maximum Gasteiger partial charge on any atom is 0.405 e. The molecule has 2 N–H and O–H groups in total. The summed E-state index contributed by atoms with van der Waals surface area (Å²) in [7, 11) is -3.59. The number of rotatable bonds is 8. The zero-order valence-electron chi connectivity index (χ0n) is 14.0. The number of hydrogen-bond donors (Lipinski definition) is 2. The lowest BCUT2D eigenvalue weighted by Crippen LogP contribution is -2.44. The molecule has 1 saturated heterocycles.